The van der Waals surface area contributed by atoms with Crippen molar-refractivity contribution in [1.82, 2.24) is 5.32 Å². The Morgan fingerprint density at radius 3 is 2.19 bits per heavy atom. The van der Waals surface area contributed by atoms with Crippen molar-refractivity contribution in [2.45, 2.75) is 71.8 Å². The molecule has 0 heterocycles. The Bertz CT molecular complexity index is 137. The summed E-state index contributed by atoms with van der Waals surface area (Å²) in [5.41, 5.74) is 0. The van der Waals surface area contributed by atoms with E-state index in [-0.39, 0.29) is 0 Å². The van der Waals surface area contributed by atoms with Gasteiger partial charge in [-0.1, -0.05) is 39.5 Å². The number of unbranched alkanes of at least 4 members (excludes halogenated alkanes) is 3. The van der Waals surface area contributed by atoms with Crippen LogP contribution in [0.5, 0.6) is 0 Å². The topological polar surface area (TPSA) is 32.3 Å². The van der Waals surface area contributed by atoms with Gasteiger partial charge in [-0.15, -0.1) is 0 Å². The molecule has 0 rings (SSSR count). The van der Waals surface area contributed by atoms with E-state index in [9.17, 15) is 0 Å². The molecule has 0 aromatic carbocycles. The first-order valence-corrected chi connectivity index (χ1v) is 7.01. The molecule has 0 radical (unpaired) electrons. The van der Waals surface area contributed by atoms with Crippen molar-refractivity contribution in [2.75, 3.05) is 13.2 Å². The van der Waals surface area contributed by atoms with Crippen LogP contribution in [0.2, 0.25) is 0 Å². The Labute approximate surface area is 102 Å². The Morgan fingerprint density at radius 1 is 0.875 bits per heavy atom. The third kappa shape index (κ3) is 12.0. The standard InChI is InChI=1S/C14H31NO/c1-13(2)9-8-10-14(3)15-11-6-4-5-7-12-16/h13-16H,4-12H2,1-3H3. The molecule has 0 aromatic heterocycles. The smallest absolute Gasteiger partial charge is 0.0431 e. The zero-order valence-electron chi connectivity index (χ0n) is 11.5. The normalized spacial score (nSPS) is 13.3. The molecule has 2 heteroatoms. The summed E-state index contributed by atoms with van der Waals surface area (Å²) >= 11 is 0. The second kappa shape index (κ2) is 11.4. The number of aliphatic hydroxyl groups is 1. The fraction of sp³-hybridized carbons (Fsp3) is 1.00. The summed E-state index contributed by atoms with van der Waals surface area (Å²) in [7, 11) is 0. The third-order valence-corrected chi connectivity index (χ3v) is 3.00. The molecule has 1 atom stereocenters. The summed E-state index contributed by atoms with van der Waals surface area (Å²) < 4.78 is 0. The van der Waals surface area contributed by atoms with Crippen molar-refractivity contribution in [3.8, 4) is 0 Å². The van der Waals surface area contributed by atoms with Gasteiger partial charge in [0.2, 0.25) is 0 Å². The van der Waals surface area contributed by atoms with Crippen LogP contribution in [-0.2, 0) is 0 Å². The Morgan fingerprint density at radius 2 is 1.56 bits per heavy atom. The van der Waals surface area contributed by atoms with Gasteiger partial charge in [0.15, 0.2) is 0 Å². The average molecular weight is 229 g/mol. The van der Waals surface area contributed by atoms with Gasteiger partial charge in [0, 0.05) is 12.6 Å². The van der Waals surface area contributed by atoms with Gasteiger partial charge in [-0.05, 0) is 38.6 Å². The maximum absolute atomic E-state index is 8.64. The van der Waals surface area contributed by atoms with Crippen LogP contribution in [0.4, 0.5) is 0 Å². The molecule has 0 aliphatic rings. The molecule has 2 nitrogen and oxygen atoms in total. The molecule has 0 saturated carbocycles. The summed E-state index contributed by atoms with van der Waals surface area (Å²) in [5, 5.41) is 12.2. The fourth-order valence-corrected chi connectivity index (χ4v) is 1.87. The minimum atomic E-state index is 0.346. The highest BCUT2D eigenvalue weighted by molar-refractivity contribution is 4.61. The first-order chi connectivity index (χ1) is 7.66. The van der Waals surface area contributed by atoms with E-state index in [0.29, 0.717) is 12.6 Å². The van der Waals surface area contributed by atoms with Crippen LogP contribution in [0.25, 0.3) is 0 Å². The first kappa shape index (κ1) is 15.9. The van der Waals surface area contributed by atoms with Gasteiger partial charge in [0.05, 0.1) is 0 Å². The van der Waals surface area contributed by atoms with E-state index < -0.39 is 0 Å². The van der Waals surface area contributed by atoms with E-state index in [0.717, 1.165) is 18.9 Å². The van der Waals surface area contributed by atoms with Crippen LogP contribution in [0.15, 0.2) is 0 Å². The molecule has 2 N–H and O–H groups in total. The van der Waals surface area contributed by atoms with E-state index in [4.69, 9.17) is 5.11 Å². The van der Waals surface area contributed by atoms with Gasteiger partial charge in [-0.3, -0.25) is 0 Å². The van der Waals surface area contributed by atoms with Crippen LogP contribution in [0.1, 0.15) is 65.7 Å². The minimum absolute atomic E-state index is 0.346. The Kier molecular flexibility index (Phi) is 11.3. The lowest BCUT2D eigenvalue weighted by atomic mass is 10.0. The number of rotatable bonds is 11. The fourth-order valence-electron chi connectivity index (χ4n) is 1.87. The van der Waals surface area contributed by atoms with Crippen LogP contribution in [-0.4, -0.2) is 24.3 Å². The lowest BCUT2D eigenvalue weighted by Crippen LogP contribution is -2.26. The van der Waals surface area contributed by atoms with Gasteiger partial charge < -0.3 is 10.4 Å². The van der Waals surface area contributed by atoms with E-state index in [1.165, 1.54) is 38.5 Å². The highest BCUT2D eigenvalue weighted by Crippen LogP contribution is 2.08. The summed E-state index contributed by atoms with van der Waals surface area (Å²) in [6.07, 6.45) is 8.61. The molecule has 0 amide bonds. The van der Waals surface area contributed by atoms with Crippen molar-refractivity contribution in [2.24, 2.45) is 5.92 Å². The zero-order valence-corrected chi connectivity index (χ0v) is 11.5. The molecule has 98 valence electrons. The number of nitrogens with one attached hydrogen (secondary N) is 1. The van der Waals surface area contributed by atoms with Crippen LogP contribution >= 0.6 is 0 Å². The molecule has 16 heavy (non-hydrogen) atoms. The van der Waals surface area contributed by atoms with Gasteiger partial charge in [0.1, 0.15) is 0 Å². The van der Waals surface area contributed by atoms with Crippen molar-refractivity contribution >= 4 is 0 Å². The molecule has 0 aromatic rings. The quantitative estimate of drug-likeness (QED) is 0.533. The number of aliphatic hydroxyl groups excluding tert-OH is 1. The molecule has 0 aliphatic carbocycles. The van der Waals surface area contributed by atoms with E-state index in [1.807, 2.05) is 0 Å². The molecule has 0 aliphatic heterocycles. The predicted molar refractivity (Wildman–Crippen MR) is 71.7 cm³/mol. The van der Waals surface area contributed by atoms with E-state index in [2.05, 4.69) is 26.1 Å². The molecule has 0 spiro atoms. The largest absolute Gasteiger partial charge is 0.396 e. The van der Waals surface area contributed by atoms with Crippen LogP contribution in [0, 0.1) is 5.92 Å². The first-order valence-electron chi connectivity index (χ1n) is 7.01. The van der Waals surface area contributed by atoms with Crippen LogP contribution < -0.4 is 5.32 Å². The maximum Gasteiger partial charge on any atom is 0.0431 e. The molecular formula is C14H31NO. The number of hydrogen-bond donors (Lipinski definition) is 2. The Hall–Kier alpha value is -0.0800. The van der Waals surface area contributed by atoms with E-state index in [1.54, 1.807) is 0 Å². The van der Waals surface area contributed by atoms with Crippen molar-refractivity contribution < 1.29 is 5.11 Å². The maximum atomic E-state index is 8.64. The molecule has 0 saturated heterocycles. The minimum Gasteiger partial charge on any atom is -0.396 e. The lowest BCUT2D eigenvalue weighted by molar-refractivity contribution is 0.282. The van der Waals surface area contributed by atoms with Gasteiger partial charge in [0.25, 0.3) is 0 Å². The van der Waals surface area contributed by atoms with Crippen molar-refractivity contribution in [1.29, 1.82) is 0 Å². The summed E-state index contributed by atoms with van der Waals surface area (Å²) in [4.78, 5) is 0. The third-order valence-electron chi connectivity index (χ3n) is 3.00. The van der Waals surface area contributed by atoms with Gasteiger partial charge in [-0.25, -0.2) is 0 Å². The average Bonchev–Trinajstić information content (AvgIpc) is 2.22. The van der Waals surface area contributed by atoms with Crippen LogP contribution in [0.3, 0.4) is 0 Å². The molecule has 1 unspecified atom stereocenters. The second-order valence-corrected chi connectivity index (χ2v) is 5.32. The van der Waals surface area contributed by atoms with E-state index >= 15 is 0 Å². The number of hydrogen-bond acceptors (Lipinski definition) is 2. The molecule has 0 fully saturated rings. The van der Waals surface area contributed by atoms with Gasteiger partial charge in [-0.2, -0.15) is 0 Å². The summed E-state index contributed by atoms with van der Waals surface area (Å²) in [6, 6.07) is 0.664. The lowest BCUT2D eigenvalue weighted by Gasteiger charge is -2.14. The summed E-state index contributed by atoms with van der Waals surface area (Å²) in [5.74, 6) is 0.839. The second-order valence-electron chi connectivity index (χ2n) is 5.32. The van der Waals surface area contributed by atoms with Gasteiger partial charge >= 0.3 is 0 Å². The van der Waals surface area contributed by atoms with Crippen molar-refractivity contribution in [3.63, 3.8) is 0 Å². The zero-order chi connectivity index (χ0) is 12.2. The van der Waals surface area contributed by atoms with Crippen molar-refractivity contribution in [3.05, 3.63) is 0 Å². The summed E-state index contributed by atoms with van der Waals surface area (Å²) in [6.45, 7) is 8.35. The SMILES string of the molecule is CC(C)CCCC(C)NCCCCCCO. The highest BCUT2D eigenvalue weighted by atomic mass is 16.2. The Balaban J connectivity index is 3.14. The molecule has 0 bridgehead atoms. The predicted octanol–water partition coefficient (Wildman–Crippen LogP) is 3.34. The highest BCUT2D eigenvalue weighted by Gasteiger charge is 2.01. The monoisotopic (exact) mass is 229 g/mol. The molecular weight excluding hydrogens is 198 g/mol.